The third kappa shape index (κ3) is 2.60. The first-order valence-electron chi connectivity index (χ1n) is 7.69. The van der Waals surface area contributed by atoms with E-state index in [0.717, 1.165) is 11.1 Å². The molecule has 0 unspecified atom stereocenters. The number of aliphatic hydroxyl groups is 1. The smallest absolute Gasteiger partial charge is 0.183 e. The van der Waals surface area contributed by atoms with Crippen molar-refractivity contribution in [1.29, 1.82) is 0 Å². The molecule has 0 aliphatic heterocycles. The summed E-state index contributed by atoms with van der Waals surface area (Å²) in [5.41, 5.74) is 6.83. The number of aliphatic hydroxyl groups excluding tert-OH is 1. The van der Waals surface area contributed by atoms with Crippen LogP contribution in [0.2, 0.25) is 0 Å². The van der Waals surface area contributed by atoms with Crippen LogP contribution in [0.15, 0.2) is 53.4 Å². The molecule has 0 heterocycles. The van der Waals surface area contributed by atoms with Gasteiger partial charge in [-0.1, -0.05) is 29.8 Å². The molecule has 1 saturated carbocycles. The van der Waals surface area contributed by atoms with Gasteiger partial charge in [-0.3, -0.25) is 0 Å². The Kier molecular flexibility index (Phi) is 4.15. The number of benzene rings is 2. The number of ether oxygens (including phenoxy) is 1. The molecule has 5 nitrogen and oxygen atoms in total. The van der Waals surface area contributed by atoms with Crippen molar-refractivity contribution in [3.8, 4) is 5.75 Å². The average Bonchev–Trinajstić information content (AvgIpc) is 3.23. The summed E-state index contributed by atoms with van der Waals surface area (Å²) >= 11 is 0. The summed E-state index contributed by atoms with van der Waals surface area (Å²) in [5, 5.41) is 8.87. The van der Waals surface area contributed by atoms with Crippen molar-refractivity contribution < 1.29 is 18.3 Å². The number of aryl methyl sites for hydroxylation is 1. The van der Waals surface area contributed by atoms with E-state index in [1.54, 1.807) is 55.6 Å². The Morgan fingerprint density at radius 1 is 1.12 bits per heavy atom. The third-order valence-corrected chi connectivity index (χ3v) is 7.04. The fourth-order valence-corrected chi connectivity index (χ4v) is 5.55. The fraction of sp³-hybridized carbons (Fsp3) is 0.333. The maximum Gasteiger partial charge on any atom is 0.183 e. The second kappa shape index (κ2) is 5.88. The Morgan fingerprint density at radius 2 is 1.71 bits per heavy atom. The summed E-state index contributed by atoms with van der Waals surface area (Å²) in [6.45, 7) is 1.51. The monoisotopic (exact) mass is 347 g/mol. The lowest BCUT2D eigenvalue weighted by molar-refractivity contribution is 0.253. The van der Waals surface area contributed by atoms with E-state index in [0.29, 0.717) is 5.75 Å². The Morgan fingerprint density at radius 3 is 2.21 bits per heavy atom. The minimum absolute atomic E-state index is 0.234. The van der Waals surface area contributed by atoms with Crippen molar-refractivity contribution in [2.45, 2.75) is 28.5 Å². The van der Waals surface area contributed by atoms with Crippen LogP contribution in [0.1, 0.15) is 17.0 Å². The molecule has 0 saturated heterocycles. The zero-order chi connectivity index (χ0) is 17.5. The van der Waals surface area contributed by atoms with Crippen LogP contribution in [0.4, 0.5) is 0 Å². The molecule has 0 aromatic heterocycles. The topological polar surface area (TPSA) is 89.6 Å². The number of rotatable bonds is 5. The van der Waals surface area contributed by atoms with E-state index in [2.05, 4.69) is 0 Å². The second-order valence-corrected chi connectivity index (χ2v) is 8.37. The SMILES string of the molecule is COc1ccc([C@@H]2[C@H](S(=O)(=O)c3ccc(C)cc3)[C@]2(N)CO)cc1. The van der Waals surface area contributed by atoms with Crippen LogP contribution in [0.3, 0.4) is 0 Å². The molecule has 2 aromatic rings. The molecule has 0 amide bonds. The summed E-state index contributed by atoms with van der Waals surface area (Å²) < 4.78 is 31.1. The normalized spacial score (nSPS) is 26.2. The van der Waals surface area contributed by atoms with Gasteiger partial charge in [0.1, 0.15) is 5.75 Å². The predicted octanol–water partition coefficient (Wildman–Crippen LogP) is 1.63. The molecule has 1 fully saturated rings. The van der Waals surface area contributed by atoms with Crippen molar-refractivity contribution in [1.82, 2.24) is 0 Å². The van der Waals surface area contributed by atoms with Gasteiger partial charge < -0.3 is 15.6 Å². The molecule has 2 aromatic carbocycles. The van der Waals surface area contributed by atoms with Crippen molar-refractivity contribution in [3.05, 3.63) is 59.7 Å². The van der Waals surface area contributed by atoms with Gasteiger partial charge in [-0.2, -0.15) is 0 Å². The minimum Gasteiger partial charge on any atom is -0.497 e. The molecule has 0 spiro atoms. The first-order chi connectivity index (χ1) is 11.3. The van der Waals surface area contributed by atoms with Crippen molar-refractivity contribution >= 4 is 9.84 Å². The average molecular weight is 347 g/mol. The molecule has 128 valence electrons. The van der Waals surface area contributed by atoms with Gasteiger partial charge in [0.05, 0.1) is 29.4 Å². The van der Waals surface area contributed by atoms with Crippen molar-refractivity contribution in [3.63, 3.8) is 0 Å². The summed E-state index contributed by atoms with van der Waals surface area (Å²) in [6, 6.07) is 13.8. The highest BCUT2D eigenvalue weighted by molar-refractivity contribution is 7.92. The standard InChI is InChI=1S/C18H21NO4S/c1-12-3-9-15(10-4-12)24(21,22)17-16(18(17,19)11-20)13-5-7-14(23-2)8-6-13/h3-10,16-17,20H,11,19H2,1-2H3/t16-,17+,18+/m1/s1. The lowest BCUT2D eigenvalue weighted by Crippen LogP contribution is -2.35. The van der Waals surface area contributed by atoms with Gasteiger partial charge in [-0.05, 0) is 36.8 Å². The summed E-state index contributed by atoms with van der Waals surface area (Å²) in [6.07, 6.45) is 0. The Balaban J connectivity index is 1.98. The summed E-state index contributed by atoms with van der Waals surface area (Å²) in [4.78, 5) is 0.234. The molecule has 6 heteroatoms. The van der Waals surface area contributed by atoms with Crippen LogP contribution >= 0.6 is 0 Å². The van der Waals surface area contributed by atoms with Crippen LogP contribution < -0.4 is 10.5 Å². The van der Waals surface area contributed by atoms with E-state index < -0.39 is 26.5 Å². The molecule has 0 radical (unpaired) electrons. The first-order valence-corrected chi connectivity index (χ1v) is 9.23. The largest absolute Gasteiger partial charge is 0.497 e. The number of nitrogens with two attached hydrogens (primary N) is 1. The molecule has 3 N–H and O–H groups in total. The van der Waals surface area contributed by atoms with E-state index >= 15 is 0 Å². The van der Waals surface area contributed by atoms with Crippen LogP contribution in [-0.2, 0) is 9.84 Å². The third-order valence-electron chi connectivity index (χ3n) is 4.73. The van der Waals surface area contributed by atoms with Crippen LogP contribution in [0.5, 0.6) is 5.75 Å². The van der Waals surface area contributed by atoms with Gasteiger partial charge in [0.25, 0.3) is 0 Å². The van der Waals surface area contributed by atoms with Crippen molar-refractivity contribution in [2.24, 2.45) is 5.73 Å². The molecule has 3 rings (SSSR count). The quantitative estimate of drug-likeness (QED) is 0.858. The number of sulfone groups is 1. The number of methoxy groups -OCH3 is 1. The first kappa shape index (κ1) is 17.0. The number of hydrogen-bond donors (Lipinski definition) is 2. The molecule has 3 atom stereocenters. The van der Waals surface area contributed by atoms with E-state index in [1.807, 2.05) is 6.92 Å². The molecule has 0 bridgehead atoms. The molecule has 1 aliphatic rings. The second-order valence-electron chi connectivity index (χ2n) is 6.30. The van der Waals surface area contributed by atoms with E-state index in [-0.39, 0.29) is 11.5 Å². The Bertz CT molecular complexity index is 830. The minimum atomic E-state index is -3.63. The molecular weight excluding hydrogens is 326 g/mol. The lowest BCUT2D eigenvalue weighted by atomic mass is 10.1. The van der Waals surface area contributed by atoms with Gasteiger partial charge in [0.15, 0.2) is 9.84 Å². The van der Waals surface area contributed by atoms with Gasteiger partial charge in [0, 0.05) is 5.92 Å². The Hall–Kier alpha value is -1.89. The highest BCUT2D eigenvalue weighted by Gasteiger charge is 2.69. The zero-order valence-corrected chi connectivity index (χ0v) is 14.5. The Labute approximate surface area is 142 Å². The van der Waals surface area contributed by atoms with Gasteiger partial charge in [-0.15, -0.1) is 0 Å². The maximum absolute atomic E-state index is 13.0. The van der Waals surface area contributed by atoms with Gasteiger partial charge >= 0.3 is 0 Å². The van der Waals surface area contributed by atoms with Gasteiger partial charge in [0.2, 0.25) is 0 Å². The predicted molar refractivity (Wildman–Crippen MR) is 91.9 cm³/mol. The highest BCUT2D eigenvalue weighted by Crippen LogP contribution is 2.55. The highest BCUT2D eigenvalue weighted by atomic mass is 32.2. The zero-order valence-electron chi connectivity index (χ0n) is 13.6. The van der Waals surface area contributed by atoms with Crippen LogP contribution in [-0.4, -0.2) is 38.0 Å². The summed E-state index contributed by atoms with van der Waals surface area (Å²) in [5.74, 6) is 0.240. The summed E-state index contributed by atoms with van der Waals surface area (Å²) in [7, 11) is -2.06. The molecular formula is C18H21NO4S. The maximum atomic E-state index is 13.0. The lowest BCUT2D eigenvalue weighted by Gasteiger charge is -2.08. The van der Waals surface area contributed by atoms with Gasteiger partial charge in [-0.25, -0.2) is 8.42 Å². The molecule has 24 heavy (non-hydrogen) atoms. The van der Waals surface area contributed by atoms with Crippen LogP contribution in [0.25, 0.3) is 0 Å². The number of hydrogen-bond acceptors (Lipinski definition) is 5. The van der Waals surface area contributed by atoms with E-state index in [1.165, 1.54) is 0 Å². The van der Waals surface area contributed by atoms with Crippen LogP contribution in [0, 0.1) is 6.92 Å². The van der Waals surface area contributed by atoms with E-state index in [9.17, 15) is 13.5 Å². The molecule has 1 aliphatic carbocycles. The fourth-order valence-electron chi connectivity index (χ4n) is 3.25. The van der Waals surface area contributed by atoms with Crippen molar-refractivity contribution in [2.75, 3.05) is 13.7 Å². The van der Waals surface area contributed by atoms with E-state index in [4.69, 9.17) is 10.5 Å².